The van der Waals surface area contributed by atoms with Crippen LogP contribution in [0.4, 0.5) is 0 Å². The van der Waals surface area contributed by atoms with Crippen LogP contribution in [0.5, 0.6) is 0 Å². The second-order valence-electron chi connectivity index (χ2n) is 10.7. The van der Waals surface area contributed by atoms with Crippen molar-refractivity contribution >= 4 is 15.7 Å². The number of ether oxygens (including phenoxy) is 5. The number of hydrogen-bond donors (Lipinski definition) is 0. The SMILES string of the molecule is C.C.C.C.C.C.CC(C)(C)OCCOCOC(C)(C)C.CC(C)(C)OC[B]CCOC(C)(C)C.[2HH].[2HH].[B]. The highest BCUT2D eigenvalue weighted by atomic mass is 16.7. The van der Waals surface area contributed by atoms with Gasteiger partial charge in [-0.2, -0.15) is 0 Å². The van der Waals surface area contributed by atoms with Gasteiger partial charge in [0.05, 0.1) is 35.6 Å². The Hall–Kier alpha value is -0.0701. The summed E-state index contributed by atoms with van der Waals surface area (Å²) in [5.41, 5.74) is -0.292. The van der Waals surface area contributed by atoms with Gasteiger partial charge < -0.3 is 23.7 Å². The van der Waals surface area contributed by atoms with Gasteiger partial charge in [-0.1, -0.05) is 50.9 Å². The standard InChI is InChI=1S/C11H24BO2.C11H24O3.6CH4.B.2H2/c2*1-10(2,3)13-8-7-12-9-14-11(4,5)6;;;;;;;;;/h2*7-9H2,1-6H3;6*1H4;;2*1H/i;;;;;;;;;2*1+1. The maximum absolute atomic E-state index is 5.57. The Kier molecular flexibility index (Phi) is 48.7. The van der Waals surface area contributed by atoms with Crippen LogP contribution >= 0.6 is 0 Å². The molecule has 0 N–H and O–H groups in total. The zero-order valence-electron chi connectivity index (χ0n) is 21.4. The molecule has 0 bridgehead atoms. The van der Waals surface area contributed by atoms with E-state index in [0.717, 1.165) is 12.9 Å². The molecule has 0 spiro atoms. The average Bonchev–Trinajstić information content (AvgIpc) is 2.43. The van der Waals surface area contributed by atoms with E-state index in [1.807, 2.05) is 41.5 Å². The summed E-state index contributed by atoms with van der Waals surface area (Å²) in [5.74, 6) is 0. The van der Waals surface area contributed by atoms with Gasteiger partial charge in [0, 0.05) is 24.4 Å². The monoisotopic (exact) mass is 517 g/mol. The molecule has 5 nitrogen and oxygen atoms in total. The molecule has 0 saturated carbocycles. The molecule has 4 radical (unpaired) electrons. The van der Waals surface area contributed by atoms with Crippen molar-refractivity contribution in [1.29, 1.82) is 0 Å². The van der Waals surface area contributed by atoms with Crippen molar-refractivity contribution < 1.29 is 26.5 Å². The molecule has 0 aliphatic heterocycles. The van der Waals surface area contributed by atoms with Crippen molar-refractivity contribution in [2.75, 3.05) is 33.1 Å². The van der Waals surface area contributed by atoms with E-state index in [2.05, 4.69) is 48.8 Å². The summed E-state index contributed by atoms with van der Waals surface area (Å²) in [6.07, 6.45) is 0.952. The molecular formula is C28H76B2O5. The van der Waals surface area contributed by atoms with Crippen LogP contribution in [0.1, 0.15) is 130 Å². The van der Waals surface area contributed by atoms with Gasteiger partial charge in [-0.15, -0.1) is 0 Å². The average molecular weight is 517 g/mol. The second-order valence-corrected chi connectivity index (χ2v) is 10.7. The molecule has 35 heavy (non-hydrogen) atoms. The van der Waals surface area contributed by atoms with E-state index >= 15 is 0 Å². The summed E-state index contributed by atoms with van der Waals surface area (Å²) in [7, 11) is 2.12. The van der Waals surface area contributed by atoms with Gasteiger partial charge >= 0.3 is 0 Å². The molecule has 0 aromatic rings. The van der Waals surface area contributed by atoms with E-state index in [4.69, 9.17) is 23.7 Å². The summed E-state index contributed by atoms with van der Waals surface area (Å²) in [4.78, 5) is 0. The van der Waals surface area contributed by atoms with E-state index in [0.29, 0.717) is 26.5 Å². The Morgan fingerprint density at radius 3 is 1.17 bits per heavy atom. The molecule has 224 valence electrons. The highest BCUT2D eigenvalue weighted by Gasteiger charge is 2.12. The predicted octanol–water partition coefficient (Wildman–Crippen LogP) is 9.22. The molecule has 0 heterocycles. The smallest absolute Gasteiger partial charge is 0.147 e. The minimum Gasteiger partial charge on any atom is -0.385 e. The Balaban J connectivity index is -0.0000000327. The van der Waals surface area contributed by atoms with Gasteiger partial charge in [0.2, 0.25) is 0 Å². The molecule has 0 amide bonds. The van der Waals surface area contributed by atoms with Gasteiger partial charge in [-0.3, -0.25) is 0 Å². The summed E-state index contributed by atoms with van der Waals surface area (Å²) in [6.45, 7) is 27.5. The van der Waals surface area contributed by atoms with Crippen molar-refractivity contribution in [3.63, 3.8) is 0 Å². The predicted molar refractivity (Wildman–Crippen MR) is 170 cm³/mol. The van der Waals surface area contributed by atoms with Crippen molar-refractivity contribution in [3.05, 3.63) is 0 Å². The number of hydrogen-bond acceptors (Lipinski definition) is 5. The minimum atomic E-state index is -0.134. The van der Waals surface area contributed by atoms with Crippen molar-refractivity contribution in [2.45, 2.75) is 156 Å². The lowest BCUT2D eigenvalue weighted by Gasteiger charge is -2.21. The van der Waals surface area contributed by atoms with Crippen LogP contribution < -0.4 is 0 Å². The van der Waals surface area contributed by atoms with E-state index in [9.17, 15) is 0 Å². The van der Waals surface area contributed by atoms with Gasteiger partial charge in [-0.25, -0.2) is 0 Å². The third kappa shape index (κ3) is 71.9. The van der Waals surface area contributed by atoms with Gasteiger partial charge in [0.25, 0.3) is 0 Å². The summed E-state index contributed by atoms with van der Waals surface area (Å²) >= 11 is 0. The first-order valence-corrected chi connectivity index (χ1v) is 10.4. The molecule has 0 unspecified atom stereocenters. The summed E-state index contributed by atoms with van der Waals surface area (Å²) in [6, 6.07) is 0. The molecule has 0 rings (SSSR count). The Labute approximate surface area is 231 Å². The molecule has 0 atom stereocenters. The largest absolute Gasteiger partial charge is 0.385 e. The maximum Gasteiger partial charge on any atom is 0.147 e. The molecule has 0 saturated heterocycles. The van der Waals surface area contributed by atoms with Crippen LogP contribution in [0.2, 0.25) is 6.32 Å². The highest BCUT2D eigenvalue weighted by Crippen LogP contribution is 2.09. The number of rotatable bonds is 10. The Morgan fingerprint density at radius 2 is 0.829 bits per heavy atom. The fraction of sp³-hybridized carbons (Fsp3) is 1.00. The first kappa shape index (κ1) is 59.8. The third-order valence-electron chi connectivity index (χ3n) is 2.83. The Morgan fingerprint density at radius 1 is 0.486 bits per heavy atom. The second kappa shape index (κ2) is 28.5. The quantitative estimate of drug-likeness (QED) is 0.165. The summed E-state index contributed by atoms with van der Waals surface area (Å²) in [5, 5.41) is 0. The van der Waals surface area contributed by atoms with Crippen molar-refractivity contribution in [3.8, 4) is 0 Å². The topological polar surface area (TPSA) is 46.2 Å². The normalized spacial score (nSPS) is 10.5. The van der Waals surface area contributed by atoms with Crippen LogP contribution in [-0.2, 0) is 23.7 Å². The third-order valence-corrected chi connectivity index (χ3v) is 2.83. The van der Waals surface area contributed by atoms with Crippen LogP contribution in [0, 0.1) is 0 Å². The highest BCUT2D eigenvalue weighted by molar-refractivity contribution is 6.35. The van der Waals surface area contributed by atoms with E-state index in [1.165, 1.54) is 0 Å². The lowest BCUT2D eigenvalue weighted by molar-refractivity contribution is -0.134. The Bertz CT molecular complexity index is 305. The first-order valence-electron chi connectivity index (χ1n) is 10.4. The molecular weight excluding hydrogens is 438 g/mol. The molecule has 7 heteroatoms. The van der Waals surface area contributed by atoms with Crippen molar-refractivity contribution in [2.24, 2.45) is 0 Å². The fourth-order valence-corrected chi connectivity index (χ4v) is 1.52. The van der Waals surface area contributed by atoms with E-state index in [-0.39, 0.29) is 78.2 Å². The van der Waals surface area contributed by atoms with Gasteiger partial charge in [-0.05, 0) is 83.1 Å². The minimum absolute atomic E-state index is 0. The van der Waals surface area contributed by atoms with Crippen LogP contribution in [-0.4, -0.2) is 71.2 Å². The van der Waals surface area contributed by atoms with Crippen molar-refractivity contribution in [1.82, 2.24) is 0 Å². The zero-order chi connectivity index (χ0) is 22.5. The fourth-order valence-electron chi connectivity index (χ4n) is 1.52. The maximum atomic E-state index is 5.57. The van der Waals surface area contributed by atoms with Gasteiger partial charge in [0.15, 0.2) is 0 Å². The lowest BCUT2D eigenvalue weighted by atomic mass is 9.76. The zero-order valence-corrected chi connectivity index (χ0v) is 21.4. The summed E-state index contributed by atoms with van der Waals surface area (Å²) < 4.78 is 27.2. The molecule has 0 aliphatic carbocycles. The molecule has 0 aromatic carbocycles. The van der Waals surface area contributed by atoms with Gasteiger partial charge in [0.1, 0.15) is 14.1 Å². The lowest BCUT2D eigenvalue weighted by Crippen LogP contribution is -2.24. The van der Waals surface area contributed by atoms with E-state index in [1.54, 1.807) is 0 Å². The molecule has 0 aromatic heterocycles. The first-order chi connectivity index (χ1) is 12.4. The molecule has 0 aliphatic rings. The van der Waals surface area contributed by atoms with Crippen LogP contribution in [0.3, 0.4) is 0 Å². The van der Waals surface area contributed by atoms with E-state index < -0.39 is 0 Å². The van der Waals surface area contributed by atoms with Crippen LogP contribution in [0.15, 0.2) is 0 Å². The molecule has 0 fully saturated rings. The van der Waals surface area contributed by atoms with Crippen LogP contribution in [0.25, 0.3) is 0 Å².